The third kappa shape index (κ3) is 64.0. The molecule has 0 rings (SSSR count). The Labute approximate surface area is 487 Å². The smallest absolute Gasteiger partial charge is 0.462 e. The molecule has 0 aromatic carbocycles. The lowest BCUT2D eigenvalue weighted by Crippen LogP contribution is -2.37. The molecule has 0 radical (unpaired) electrons. The highest BCUT2D eigenvalue weighted by molar-refractivity contribution is 7.47. The minimum Gasteiger partial charge on any atom is -0.462 e. The van der Waals surface area contributed by atoms with E-state index in [4.69, 9.17) is 18.5 Å². The largest absolute Gasteiger partial charge is 0.472 e. The first kappa shape index (κ1) is 75.9. The van der Waals surface area contributed by atoms with Gasteiger partial charge in [0.2, 0.25) is 0 Å². The number of carbonyl (C=O) groups is 2. The van der Waals surface area contributed by atoms with Gasteiger partial charge in [-0.25, -0.2) is 4.57 Å². The van der Waals surface area contributed by atoms with Crippen molar-refractivity contribution < 1.29 is 42.1 Å². The van der Waals surface area contributed by atoms with Crippen LogP contribution in [0.4, 0.5) is 0 Å². The zero-order valence-corrected chi connectivity index (χ0v) is 52.7. The molecule has 79 heavy (non-hydrogen) atoms. The minimum absolute atomic E-state index is 0.0252. The Morgan fingerprint density at radius 1 is 0.405 bits per heavy atom. The van der Waals surface area contributed by atoms with Gasteiger partial charge in [-0.1, -0.05) is 284 Å². The number of hydrogen-bond donors (Lipinski definition) is 1. The Morgan fingerprint density at radius 2 is 0.722 bits per heavy atom. The molecule has 0 saturated carbocycles. The lowest BCUT2D eigenvalue weighted by molar-refractivity contribution is -0.870. The summed E-state index contributed by atoms with van der Waals surface area (Å²) in [5, 5.41) is 0. The fourth-order valence-electron chi connectivity index (χ4n) is 8.92. The highest BCUT2D eigenvalue weighted by Crippen LogP contribution is 2.43. The van der Waals surface area contributed by atoms with Gasteiger partial charge in [-0.15, -0.1) is 0 Å². The molecule has 0 amide bonds. The Bertz CT molecular complexity index is 1650. The van der Waals surface area contributed by atoms with Crippen molar-refractivity contribution in [2.75, 3.05) is 47.5 Å². The molecule has 0 fully saturated rings. The van der Waals surface area contributed by atoms with Crippen LogP contribution in [0.3, 0.4) is 0 Å². The summed E-state index contributed by atoms with van der Waals surface area (Å²) in [4.78, 5) is 35.8. The van der Waals surface area contributed by atoms with E-state index in [1.165, 1.54) is 135 Å². The maximum Gasteiger partial charge on any atom is 0.472 e. The highest BCUT2D eigenvalue weighted by atomic mass is 31.2. The lowest BCUT2D eigenvalue weighted by Gasteiger charge is -2.24. The van der Waals surface area contributed by atoms with Gasteiger partial charge in [0.15, 0.2) is 6.10 Å². The minimum atomic E-state index is -4.40. The van der Waals surface area contributed by atoms with Crippen molar-refractivity contribution in [3.63, 3.8) is 0 Å². The first-order valence-corrected chi connectivity index (χ1v) is 34.0. The zero-order chi connectivity index (χ0) is 57.7. The molecule has 0 bridgehead atoms. The molecule has 1 N–H and O–H groups in total. The van der Waals surface area contributed by atoms with E-state index in [0.29, 0.717) is 17.4 Å². The van der Waals surface area contributed by atoms with Crippen LogP contribution in [-0.4, -0.2) is 74.9 Å². The van der Waals surface area contributed by atoms with Crippen molar-refractivity contribution in [3.05, 3.63) is 97.2 Å². The van der Waals surface area contributed by atoms with E-state index in [2.05, 4.69) is 111 Å². The van der Waals surface area contributed by atoms with Gasteiger partial charge in [0, 0.05) is 12.8 Å². The molecule has 10 heteroatoms. The summed E-state index contributed by atoms with van der Waals surface area (Å²) in [6.07, 6.45) is 82.0. The third-order valence-corrected chi connectivity index (χ3v) is 14.9. The number of allylic oxidation sites excluding steroid dienone is 16. The number of ether oxygens (including phenoxy) is 2. The number of phosphoric ester groups is 1. The molecule has 0 aliphatic heterocycles. The molecule has 9 nitrogen and oxygen atoms in total. The number of likely N-dealkylation sites (N-methyl/N-ethyl adjacent to an activating group) is 1. The van der Waals surface area contributed by atoms with Gasteiger partial charge in [0.05, 0.1) is 27.7 Å². The maximum absolute atomic E-state index is 12.8. The van der Waals surface area contributed by atoms with Gasteiger partial charge >= 0.3 is 19.8 Å². The van der Waals surface area contributed by atoms with Crippen LogP contribution in [0.1, 0.15) is 277 Å². The summed E-state index contributed by atoms with van der Waals surface area (Å²) in [6, 6.07) is 0. The fraction of sp³-hybridized carbons (Fsp3) is 0.739. The van der Waals surface area contributed by atoms with E-state index in [1.54, 1.807) is 0 Å². The average Bonchev–Trinajstić information content (AvgIpc) is 3.41. The predicted octanol–water partition coefficient (Wildman–Crippen LogP) is 20.8. The normalized spacial score (nSPS) is 13.8. The molecule has 0 heterocycles. The van der Waals surface area contributed by atoms with Crippen molar-refractivity contribution in [3.8, 4) is 0 Å². The van der Waals surface area contributed by atoms with Crippen molar-refractivity contribution in [2.24, 2.45) is 0 Å². The Morgan fingerprint density at radius 3 is 1.08 bits per heavy atom. The van der Waals surface area contributed by atoms with Crippen LogP contribution in [0, 0.1) is 0 Å². The maximum atomic E-state index is 12.8. The molecule has 0 aromatic rings. The summed E-state index contributed by atoms with van der Waals surface area (Å²) < 4.78 is 34.6. The molecule has 0 aliphatic carbocycles. The van der Waals surface area contributed by atoms with Crippen molar-refractivity contribution in [2.45, 2.75) is 283 Å². The SMILES string of the molecule is CC/C=C\C/C=C\C/C=C\C/C=C\C/C=C\C/C=C\C/C=C\C/C=C\CCCCCCCCC(=O)OC(COC(=O)CCCCCCCCCCCCCCCCCCCCCCCCCC)COP(=O)(O)OCC[N+](C)(C)C. The van der Waals surface area contributed by atoms with E-state index in [-0.39, 0.29) is 32.0 Å². The van der Waals surface area contributed by atoms with Gasteiger partial charge < -0.3 is 18.9 Å². The topological polar surface area (TPSA) is 108 Å². The number of quaternary nitrogens is 1. The van der Waals surface area contributed by atoms with Crippen LogP contribution >= 0.6 is 7.82 Å². The molecule has 2 unspecified atom stereocenters. The van der Waals surface area contributed by atoms with Crippen LogP contribution < -0.4 is 0 Å². The van der Waals surface area contributed by atoms with Gasteiger partial charge in [-0.2, -0.15) is 0 Å². The van der Waals surface area contributed by atoms with Gasteiger partial charge in [0.25, 0.3) is 0 Å². The summed E-state index contributed by atoms with van der Waals surface area (Å²) in [5.74, 6) is -0.809. The molecule has 0 saturated heterocycles. The number of nitrogens with zero attached hydrogens (tertiary/aromatic N) is 1. The predicted molar refractivity (Wildman–Crippen MR) is 339 cm³/mol. The van der Waals surface area contributed by atoms with E-state index >= 15 is 0 Å². The van der Waals surface area contributed by atoms with Crippen LogP contribution in [0.25, 0.3) is 0 Å². The van der Waals surface area contributed by atoms with Gasteiger partial charge in [-0.05, 0) is 77.0 Å². The first-order valence-electron chi connectivity index (χ1n) is 32.5. The van der Waals surface area contributed by atoms with Crippen molar-refractivity contribution in [1.82, 2.24) is 0 Å². The van der Waals surface area contributed by atoms with Gasteiger partial charge in [-0.3, -0.25) is 18.6 Å². The van der Waals surface area contributed by atoms with E-state index < -0.39 is 26.5 Å². The second kappa shape index (κ2) is 59.5. The quantitative estimate of drug-likeness (QED) is 0.0211. The van der Waals surface area contributed by atoms with E-state index in [1.807, 2.05) is 21.1 Å². The second-order valence-corrected chi connectivity index (χ2v) is 24.2. The van der Waals surface area contributed by atoms with Crippen LogP contribution in [-0.2, 0) is 32.7 Å². The zero-order valence-electron chi connectivity index (χ0n) is 51.8. The van der Waals surface area contributed by atoms with Crippen LogP contribution in [0.5, 0.6) is 0 Å². The number of phosphoric acid groups is 1. The summed E-state index contributed by atoms with van der Waals surface area (Å²) in [5.41, 5.74) is 0. The second-order valence-electron chi connectivity index (χ2n) is 22.8. The lowest BCUT2D eigenvalue weighted by atomic mass is 10.0. The molecule has 0 aliphatic rings. The average molecular weight is 1130 g/mol. The number of esters is 2. The molecule has 2 atom stereocenters. The molecule has 0 aromatic heterocycles. The molecule has 456 valence electrons. The van der Waals surface area contributed by atoms with E-state index in [0.717, 1.165) is 109 Å². The van der Waals surface area contributed by atoms with Crippen LogP contribution in [0.2, 0.25) is 0 Å². The monoisotopic (exact) mass is 1120 g/mol. The molecular weight excluding hydrogens is 1000 g/mol. The number of unbranched alkanes of at least 4 members (excludes halogenated alkanes) is 29. The number of hydrogen-bond acceptors (Lipinski definition) is 7. The van der Waals surface area contributed by atoms with Crippen LogP contribution in [0.15, 0.2) is 97.2 Å². The number of carbonyl (C=O) groups excluding carboxylic acids is 2. The Balaban J connectivity index is 4.16. The Hall–Kier alpha value is -3.07. The highest BCUT2D eigenvalue weighted by Gasteiger charge is 2.27. The molecule has 0 spiro atoms. The molecular formula is C69H123NO8P+. The van der Waals surface area contributed by atoms with Crippen molar-refractivity contribution in [1.29, 1.82) is 0 Å². The van der Waals surface area contributed by atoms with E-state index in [9.17, 15) is 19.0 Å². The summed E-state index contributed by atoms with van der Waals surface area (Å²) in [6.45, 7) is 4.33. The van der Waals surface area contributed by atoms with Gasteiger partial charge in [0.1, 0.15) is 19.8 Å². The summed E-state index contributed by atoms with van der Waals surface area (Å²) in [7, 11) is 1.46. The number of rotatable bonds is 59. The first-order chi connectivity index (χ1) is 38.5. The summed E-state index contributed by atoms with van der Waals surface area (Å²) >= 11 is 0. The Kier molecular flexibility index (Phi) is 57.2. The fourth-order valence-corrected chi connectivity index (χ4v) is 9.66. The third-order valence-electron chi connectivity index (χ3n) is 13.9. The standard InChI is InChI=1S/C69H122NO8P/c1-6-8-10-12-14-16-18-20-22-24-26-28-30-32-33-34-35-36-37-38-40-42-44-46-48-50-52-54-56-58-60-62-69(72)78-67(66-77-79(73,74)76-64-63-70(3,4)5)65-75-68(71)61-59-57-55-53-51-49-47-45-43-41-39-31-29-27-25-23-21-19-17-15-13-11-9-7-2/h8,10,14,16,20,22,26,28,32-33,35-36,38,40,44,46,67H,6-7,9,11-13,15,17-19,21,23-25,27,29-31,34,37,39,41-43,45,47-66H2,1-5H3/p+1/b10-8-,16-14-,22-20-,28-26-,33-32-,36-35-,40-38-,46-44-. The van der Waals surface area contributed by atoms with Crippen molar-refractivity contribution >= 4 is 19.8 Å².